The molecule has 2 saturated carbocycles. The Bertz CT molecular complexity index is 346. The van der Waals surface area contributed by atoms with Crippen LogP contribution in [0.1, 0.15) is 31.7 Å². The van der Waals surface area contributed by atoms with Crippen LogP contribution < -0.4 is 5.32 Å². The Labute approximate surface area is 91.9 Å². The molecule has 0 amide bonds. The summed E-state index contributed by atoms with van der Waals surface area (Å²) in [5.41, 5.74) is 2.14. The Hall–Kier alpha value is -0.820. The highest BCUT2D eigenvalue weighted by atomic mass is 14.9. The number of nitrogens with one attached hydrogen (secondary N) is 1. The first kappa shape index (κ1) is 9.41. The molecular formula is C14H19N. The molecule has 3 atom stereocenters. The molecule has 0 spiro atoms. The van der Waals surface area contributed by atoms with Crippen molar-refractivity contribution < 1.29 is 0 Å². The fraction of sp³-hybridized carbons (Fsp3) is 0.571. The van der Waals surface area contributed by atoms with E-state index in [0.717, 1.165) is 18.5 Å². The van der Waals surface area contributed by atoms with Gasteiger partial charge in [-0.15, -0.1) is 0 Å². The average molecular weight is 201 g/mol. The Balaban J connectivity index is 1.79. The topological polar surface area (TPSA) is 12.0 Å². The molecule has 1 aromatic rings. The number of benzene rings is 1. The van der Waals surface area contributed by atoms with Crippen molar-refractivity contribution >= 4 is 0 Å². The van der Waals surface area contributed by atoms with E-state index in [1.807, 2.05) is 0 Å². The lowest BCUT2D eigenvalue weighted by Crippen LogP contribution is -2.28. The third-order valence-corrected chi connectivity index (χ3v) is 4.25. The molecule has 0 saturated heterocycles. The maximum atomic E-state index is 3.60. The summed E-state index contributed by atoms with van der Waals surface area (Å²) in [5.74, 6) is 0.962. The lowest BCUT2D eigenvalue weighted by molar-refractivity contribution is 0.481. The Kier molecular flexibility index (Phi) is 2.10. The van der Waals surface area contributed by atoms with Crippen LogP contribution in [-0.4, -0.2) is 12.6 Å². The molecule has 0 heterocycles. The van der Waals surface area contributed by atoms with Crippen LogP contribution in [0, 0.1) is 5.92 Å². The smallest absolute Gasteiger partial charge is 0.00785 e. The summed E-state index contributed by atoms with van der Waals surface area (Å²) >= 11 is 0. The van der Waals surface area contributed by atoms with Gasteiger partial charge in [0.15, 0.2) is 0 Å². The van der Waals surface area contributed by atoms with Gasteiger partial charge in [0, 0.05) is 6.04 Å². The molecule has 1 aromatic carbocycles. The van der Waals surface area contributed by atoms with Gasteiger partial charge in [-0.3, -0.25) is 0 Å². The van der Waals surface area contributed by atoms with Crippen molar-refractivity contribution in [1.29, 1.82) is 0 Å². The van der Waals surface area contributed by atoms with E-state index in [2.05, 4.69) is 42.6 Å². The van der Waals surface area contributed by atoms with Crippen LogP contribution in [0.2, 0.25) is 0 Å². The standard InChI is InChI=1S/C14H19N/c1-2-15-13-8-12-9-14(12,10-13)11-6-4-3-5-7-11/h3-7,12-13,15H,2,8-10H2,1H3. The van der Waals surface area contributed by atoms with Gasteiger partial charge in [0.1, 0.15) is 0 Å². The SMILES string of the molecule is CCNC1CC2CC2(c2ccccc2)C1. The van der Waals surface area contributed by atoms with Crippen LogP contribution in [0.3, 0.4) is 0 Å². The van der Waals surface area contributed by atoms with E-state index in [1.165, 1.54) is 19.3 Å². The first-order valence-corrected chi connectivity index (χ1v) is 6.14. The minimum atomic E-state index is 0.564. The van der Waals surface area contributed by atoms with Crippen LogP contribution in [-0.2, 0) is 5.41 Å². The van der Waals surface area contributed by atoms with E-state index in [-0.39, 0.29) is 0 Å². The zero-order chi connectivity index (χ0) is 10.3. The number of hydrogen-bond donors (Lipinski definition) is 1. The number of fused-ring (bicyclic) bond motifs is 1. The van der Waals surface area contributed by atoms with Crippen molar-refractivity contribution in [2.24, 2.45) is 5.92 Å². The molecule has 1 N–H and O–H groups in total. The van der Waals surface area contributed by atoms with Crippen LogP contribution in [0.5, 0.6) is 0 Å². The second kappa shape index (κ2) is 3.34. The van der Waals surface area contributed by atoms with Crippen molar-refractivity contribution in [3.63, 3.8) is 0 Å². The number of rotatable bonds is 3. The van der Waals surface area contributed by atoms with E-state index in [1.54, 1.807) is 5.56 Å². The lowest BCUT2D eigenvalue weighted by Gasteiger charge is -2.17. The van der Waals surface area contributed by atoms with Crippen molar-refractivity contribution in [3.8, 4) is 0 Å². The summed E-state index contributed by atoms with van der Waals surface area (Å²) in [7, 11) is 0. The van der Waals surface area contributed by atoms with Crippen LogP contribution in [0.15, 0.2) is 30.3 Å². The van der Waals surface area contributed by atoms with Crippen molar-refractivity contribution in [1.82, 2.24) is 5.32 Å². The third kappa shape index (κ3) is 1.41. The summed E-state index contributed by atoms with van der Waals surface area (Å²) < 4.78 is 0. The normalized spacial score (nSPS) is 37.7. The molecule has 0 aromatic heterocycles. The predicted octanol–water partition coefficient (Wildman–Crippen LogP) is 2.72. The fourth-order valence-electron chi connectivity index (χ4n) is 3.49. The number of hydrogen-bond acceptors (Lipinski definition) is 1. The van der Waals surface area contributed by atoms with Crippen LogP contribution in [0.4, 0.5) is 0 Å². The van der Waals surface area contributed by atoms with Gasteiger partial charge in [-0.1, -0.05) is 37.3 Å². The minimum Gasteiger partial charge on any atom is -0.314 e. The maximum Gasteiger partial charge on any atom is 0.00785 e. The summed E-state index contributed by atoms with van der Waals surface area (Å²) in [4.78, 5) is 0. The molecule has 15 heavy (non-hydrogen) atoms. The molecular weight excluding hydrogens is 182 g/mol. The molecule has 0 radical (unpaired) electrons. The van der Waals surface area contributed by atoms with E-state index in [0.29, 0.717) is 5.41 Å². The van der Waals surface area contributed by atoms with Crippen LogP contribution >= 0.6 is 0 Å². The molecule has 0 bridgehead atoms. The van der Waals surface area contributed by atoms with Gasteiger partial charge >= 0.3 is 0 Å². The molecule has 2 fully saturated rings. The molecule has 1 heteroatoms. The zero-order valence-electron chi connectivity index (χ0n) is 9.37. The highest BCUT2D eigenvalue weighted by Gasteiger charge is 2.60. The predicted molar refractivity (Wildman–Crippen MR) is 62.9 cm³/mol. The van der Waals surface area contributed by atoms with Gasteiger partial charge < -0.3 is 5.32 Å². The summed E-state index contributed by atoms with van der Waals surface area (Å²) in [6.45, 7) is 3.32. The summed E-state index contributed by atoms with van der Waals surface area (Å²) in [6.07, 6.45) is 4.18. The van der Waals surface area contributed by atoms with Gasteiger partial charge in [-0.2, -0.15) is 0 Å². The fourth-order valence-corrected chi connectivity index (χ4v) is 3.49. The van der Waals surface area contributed by atoms with Crippen LogP contribution in [0.25, 0.3) is 0 Å². The van der Waals surface area contributed by atoms with Gasteiger partial charge in [0.25, 0.3) is 0 Å². The van der Waals surface area contributed by atoms with Gasteiger partial charge in [-0.05, 0) is 42.7 Å². The Morgan fingerprint density at radius 2 is 2.07 bits per heavy atom. The Morgan fingerprint density at radius 1 is 1.27 bits per heavy atom. The second-order valence-corrected chi connectivity index (χ2v) is 5.12. The quantitative estimate of drug-likeness (QED) is 0.793. The second-order valence-electron chi connectivity index (χ2n) is 5.12. The lowest BCUT2D eigenvalue weighted by atomic mass is 9.92. The third-order valence-electron chi connectivity index (χ3n) is 4.25. The highest BCUT2D eigenvalue weighted by Crippen LogP contribution is 2.64. The molecule has 2 aliphatic rings. The van der Waals surface area contributed by atoms with E-state index < -0.39 is 0 Å². The maximum absolute atomic E-state index is 3.60. The highest BCUT2D eigenvalue weighted by molar-refractivity contribution is 5.36. The first-order chi connectivity index (χ1) is 7.35. The molecule has 3 rings (SSSR count). The van der Waals surface area contributed by atoms with Crippen molar-refractivity contribution in [2.45, 2.75) is 37.6 Å². The minimum absolute atomic E-state index is 0.564. The molecule has 0 aliphatic heterocycles. The van der Waals surface area contributed by atoms with Gasteiger partial charge in [0.05, 0.1) is 0 Å². The average Bonchev–Trinajstić information content (AvgIpc) is 2.85. The summed E-state index contributed by atoms with van der Waals surface area (Å²) in [5, 5.41) is 3.60. The van der Waals surface area contributed by atoms with E-state index in [4.69, 9.17) is 0 Å². The van der Waals surface area contributed by atoms with E-state index in [9.17, 15) is 0 Å². The largest absolute Gasteiger partial charge is 0.314 e. The first-order valence-electron chi connectivity index (χ1n) is 6.14. The van der Waals surface area contributed by atoms with Crippen molar-refractivity contribution in [3.05, 3.63) is 35.9 Å². The van der Waals surface area contributed by atoms with Gasteiger partial charge in [-0.25, -0.2) is 0 Å². The molecule has 80 valence electrons. The molecule has 1 nitrogen and oxygen atoms in total. The van der Waals surface area contributed by atoms with Gasteiger partial charge in [0.2, 0.25) is 0 Å². The summed E-state index contributed by atoms with van der Waals surface area (Å²) in [6, 6.07) is 11.9. The van der Waals surface area contributed by atoms with Crippen molar-refractivity contribution in [2.75, 3.05) is 6.54 Å². The Morgan fingerprint density at radius 3 is 2.80 bits per heavy atom. The monoisotopic (exact) mass is 201 g/mol. The zero-order valence-corrected chi connectivity index (χ0v) is 9.37. The molecule has 2 aliphatic carbocycles. The molecule has 3 unspecified atom stereocenters. The van der Waals surface area contributed by atoms with E-state index >= 15 is 0 Å².